The molecule has 1 unspecified atom stereocenters. The van der Waals surface area contributed by atoms with E-state index < -0.39 is 7.75 Å². The zero-order valence-corrected chi connectivity index (χ0v) is 12.6. The molecule has 0 saturated heterocycles. The van der Waals surface area contributed by atoms with E-state index in [1.54, 1.807) is 6.07 Å². The summed E-state index contributed by atoms with van der Waals surface area (Å²) in [6, 6.07) is 5.48. The molecule has 1 aromatic carbocycles. The van der Waals surface area contributed by atoms with Crippen molar-refractivity contribution < 1.29 is 13.6 Å². The van der Waals surface area contributed by atoms with Gasteiger partial charge in [0.1, 0.15) is 5.75 Å². The van der Waals surface area contributed by atoms with Crippen LogP contribution in [0.1, 0.15) is 25.3 Å². The second-order valence-corrected chi connectivity index (χ2v) is 6.26. The summed E-state index contributed by atoms with van der Waals surface area (Å²) in [5.74, 6) is 0.358. The lowest BCUT2D eigenvalue weighted by molar-refractivity contribution is 0.313. The number of nitrogens with one attached hydrogen (secondary N) is 1. The van der Waals surface area contributed by atoms with E-state index in [9.17, 15) is 4.57 Å². The standard InChI is InChI=1S/C12H19ClNO3P/c1-4-5-6-10-7-8-12(11(13)9-10)17-18(15,14-2)16-3/h7-9H,4-6H2,1-3H3,(H,14,15). The molecule has 0 aliphatic carbocycles. The van der Waals surface area contributed by atoms with E-state index in [-0.39, 0.29) is 0 Å². The summed E-state index contributed by atoms with van der Waals surface area (Å²) in [6.07, 6.45) is 3.22. The molecule has 0 amide bonds. The number of unbranched alkanes of at least 4 members (excludes halogenated alkanes) is 1. The van der Waals surface area contributed by atoms with E-state index in [0.29, 0.717) is 10.8 Å². The number of aryl methyl sites for hydroxylation is 1. The average molecular weight is 292 g/mol. The van der Waals surface area contributed by atoms with Gasteiger partial charge in [0.05, 0.1) is 5.02 Å². The minimum Gasteiger partial charge on any atom is -0.412 e. The van der Waals surface area contributed by atoms with Crippen molar-refractivity contribution in [1.82, 2.24) is 5.09 Å². The van der Waals surface area contributed by atoms with Crippen LogP contribution in [0.5, 0.6) is 5.75 Å². The molecule has 0 aliphatic rings. The summed E-state index contributed by atoms with van der Waals surface area (Å²) in [7, 11) is -0.473. The Bertz CT molecular complexity index is 431. The first-order valence-corrected chi connectivity index (χ1v) is 7.79. The molecule has 1 N–H and O–H groups in total. The predicted molar refractivity (Wildman–Crippen MR) is 74.4 cm³/mol. The van der Waals surface area contributed by atoms with Crippen LogP contribution in [0.4, 0.5) is 0 Å². The van der Waals surface area contributed by atoms with Gasteiger partial charge in [0.15, 0.2) is 0 Å². The number of hydrogen-bond donors (Lipinski definition) is 1. The van der Waals surface area contributed by atoms with Crippen LogP contribution < -0.4 is 9.61 Å². The van der Waals surface area contributed by atoms with Crippen LogP contribution >= 0.6 is 19.3 Å². The third-order valence-electron chi connectivity index (χ3n) is 2.55. The van der Waals surface area contributed by atoms with Gasteiger partial charge in [-0.1, -0.05) is 31.0 Å². The fourth-order valence-corrected chi connectivity index (χ4v) is 2.52. The largest absolute Gasteiger partial charge is 0.458 e. The summed E-state index contributed by atoms with van der Waals surface area (Å²) in [5.41, 5.74) is 1.14. The highest BCUT2D eigenvalue weighted by Crippen LogP contribution is 2.44. The van der Waals surface area contributed by atoms with Crippen LogP contribution in [0.25, 0.3) is 0 Å². The lowest BCUT2D eigenvalue weighted by Crippen LogP contribution is -2.10. The maximum absolute atomic E-state index is 11.9. The molecule has 0 spiro atoms. The van der Waals surface area contributed by atoms with Gasteiger partial charge in [-0.05, 0) is 37.6 Å². The third kappa shape index (κ3) is 4.29. The summed E-state index contributed by atoms with van der Waals surface area (Å²) in [6.45, 7) is 2.14. The second kappa shape index (κ2) is 7.15. The summed E-state index contributed by atoms with van der Waals surface area (Å²) in [5, 5.41) is 2.95. The summed E-state index contributed by atoms with van der Waals surface area (Å²) >= 11 is 6.10. The highest BCUT2D eigenvalue weighted by molar-refractivity contribution is 7.52. The van der Waals surface area contributed by atoms with Crippen LogP contribution in [0.3, 0.4) is 0 Å². The zero-order chi connectivity index (χ0) is 13.6. The molecule has 1 aromatic rings. The van der Waals surface area contributed by atoms with Crippen molar-refractivity contribution in [2.24, 2.45) is 0 Å². The normalized spacial score (nSPS) is 14.2. The fourth-order valence-electron chi connectivity index (χ4n) is 1.46. The van der Waals surface area contributed by atoms with Crippen LogP contribution in [-0.2, 0) is 15.5 Å². The molecule has 1 rings (SSSR count). The van der Waals surface area contributed by atoms with E-state index in [4.69, 9.17) is 20.6 Å². The highest BCUT2D eigenvalue weighted by Gasteiger charge is 2.23. The van der Waals surface area contributed by atoms with Crippen molar-refractivity contribution in [3.63, 3.8) is 0 Å². The average Bonchev–Trinajstić information content (AvgIpc) is 2.39. The van der Waals surface area contributed by atoms with Gasteiger partial charge in [-0.2, -0.15) is 0 Å². The summed E-state index contributed by atoms with van der Waals surface area (Å²) in [4.78, 5) is 0. The molecule has 0 fully saturated rings. The van der Waals surface area contributed by atoms with Gasteiger partial charge in [0, 0.05) is 7.11 Å². The Morgan fingerprint density at radius 2 is 2.17 bits per heavy atom. The Hall–Kier alpha value is -0.540. The molecule has 18 heavy (non-hydrogen) atoms. The molecule has 0 bridgehead atoms. The number of rotatable bonds is 7. The molecule has 0 aliphatic heterocycles. The van der Waals surface area contributed by atoms with Gasteiger partial charge in [-0.25, -0.2) is 9.65 Å². The lowest BCUT2D eigenvalue weighted by Gasteiger charge is -2.16. The topological polar surface area (TPSA) is 47.6 Å². The maximum atomic E-state index is 11.9. The minimum atomic E-state index is -3.30. The number of benzene rings is 1. The molecule has 0 heterocycles. The van der Waals surface area contributed by atoms with Crippen LogP contribution in [0.15, 0.2) is 18.2 Å². The Kier molecular flexibility index (Phi) is 6.16. The summed E-state index contributed by atoms with van der Waals surface area (Å²) < 4.78 is 22.0. The van der Waals surface area contributed by atoms with Gasteiger partial charge < -0.3 is 4.52 Å². The maximum Gasteiger partial charge on any atom is 0.458 e. The van der Waals surface area contributed by atoms with Crippen molar-refractivity contribution in [3.8, 4) is 5.75 Å². The Labute approximate surface area is 113 Å². The fraction of sp³-hybridized carbons (Fsp3) is 0.500. The molecule has 1 atom stereocenters. The number of hydrogen-bond acceptors (Lipinski definition) is 3. The first-order chi connectivity index (χ1) is 8.54. The molecule has 0 aromatic heterocycles. The molecular weight excluding hydrogens is 273 g/mol. The minimum absolute atomic E-state index is 0.358. The van der Waals surface area contributed by atoms with Crippen molar-refractivity contribution >= 4 is 19.3 Å². The quantitative estimate of drug-likeness (QED) is 0.770. The SMILES string of the molecule is CCCCc1ccc(OP(=O)(NC)OC)c(Cl)c1. The molecule has 0 radical (unpaired) electrons. The van der Waals surface area contributed by atoms with Gasteiger partial charge >= 0.3 is 7.75 Å². The lowest BCUT2D eigenvalue weighted by atomic mass is 10.1. The van der Waals surface area contributed by atoms with Crippen molar-refractivity contribution in [2.45, 2.75) is 26.2 Å². The van der Waals surface area contributed by atoms with Crippen molar-refractivity contribution in [1.29, 1.82) is 0 Å². The van der Waals surface area contributed by atoms with Gasteiger partial charge in [-0.15, -0.1) is 0 Å². The van der Waals surface area contributed by atoms with E-state index in [0.717, 1.165) is 24.8 Å². The second-order valence-electron chi connectivity index (χ2n) is 3.86. The van der Waals surface area contributed by atoms with E-state index in [1.165, 1.54) is 14.2 Å². The van der Waals surface area contributed by atoms with Crippen molar-refractivity contribution in [3.05, 3.63) is 28.8 Å². The van der Waals surface area contributed by atoms with Gasteiger partial charge in [0.25, 0.3) is 0 Å². The third-order valence-corrected chi connectivity index (χ3v) is 4.31. The molecule has 4 nitrogen and oxygen atoms in total. The molecular formula is C12H19ClNO3P. The smallest absolute Gasteiger partial charge is 0.412 e. The molecule has 0 saturated carbocycles. The number of halogens is 1. The van der Waals surface area contributed by atoms with Gasteiger partial charge in [0.2, 0.25) is 0 Å². The zero-order valence-electron chi connectivity index (χ0n) is 10.9. The van der Waals surface area contributed by atoms with Crippen LogP contribution in [0, 0.1) is 0 Å². The van der Waals surface area contributed by atoms with Crippen LogP contribution in [-0.4, -0.2) is 14.2 Å². The Morgan fingerprint density at radius 3 is 2.67 bits per heavy atom. The monoisotopic (exact) mass is 291 g/mol. The Balaban J connectivity index is 2.82. The van der Waals surface area contributed by atoms with E-state index in [2.05, 4.69) is 12.0 Å². The first kappa shape index (κ1) is 15.5. The predicted octanol–water partition coefficient (Wildman–Crippen LogP) is 4.04. The van der Waals surface area contributed by atoms with Crippen molar-refractivity contribution in [2.75, 3.05) is 14.2 Å². The molecule has 102 valence electrons. The first-order valence-electron chi connectivity index (χ1n) is 5.87. The van der Waals surface area contributed by atoms with Gasteiger partial charge in [-0.3, -0.25) is 4.52 Å². The van der Waals surface area contributed by atoms with Crippen LogP contribution in [0.2, 0.25) is 5.02 Å². The van der Waals surface area contributed by atoms with E-state index in [1.807, 2.05) is 12.1 Å². The Morgan fingerprint density at radius 1 is 1.44 bits per heavy atom. The van der Waals surface area contributed by atoms with E-state index >= 15 is 0 Å². The molecule has 6 heteroatoms. The highest BCUT2D eigenvalue weighted by atomic mass is 35.5.